The van der Waals surface area contributed by atoms with Crippen molar-refractivity contribution in [3.05, 3.63) is 36.7 Å². The van der Waals surface area contributed by atoms with Crippen molar-refractivity contribution >= 4 is 11.7 Å². The number of aromatic carboxylic acids is 1. The largest absolute Gasteiger partial charge is 0.477 e. The van der Waals surface area contributed by atoms with E-state index in [1.807, 2.05) is 11.9 Å². The summed E-state index contributed by atoms with van der Waals surface area (Å²) in [6, 6.07) is 3.29. The Labute approximate surface area is 82.5 Å². The number of hydrogen-bond donors (Lipinski definition) is 1. The lowest BCUT2D eigenvalue weighted by Crippen LogP contribution is -2.17. The Kier molecular flexibility index (Phi) is 3.23. The van der Waals surface area contributed by atoms with Crippen LogP contribution in [0.3, 0.4) is 0 Å². The Hall–Kier alpha value is -1.84. The molecule has 1 N–H and O–H groups in total. The number of nitrogens with zero attached hydrogens (tertiary/aromatic N) is 2. The lowest BCUT2D eigenvalue weighted by molar-refractivity contribution is 0.0690. The molecule has 74 valence electrons. The van der Waals surface area contributed by atoms with Crippen molar-refractivity contribution in [2.75, 3.05) is 18.5 Å². The number of hydrogen-bond acceptors (Lipinski definition) is 3. The zero-order valence-electron chi connectivity index (χ0n) is 7.97. The van der Waals surface area contributed by atoms with E-state index >= 15 is 0 Å². The first-order chi connectivity index (χ1) is 6.65. The van der Waals surface area contributed by atoms with Gasteiger partial charge in [-0.1, -0.05) is 6.08 Å². The molecule has 0 aliphatic heterocycles. The summed E-state index contributed by atoms with van der Waals surface area (Å²) in [6.07, 6.45) is 3.24. The highest BCUT2D eigenvalue weighted by Gasteiger charge is 2.06. The van der Waals surface area contributed by atoms with Gasteiger partial charge in [0.1, 0.15) is 5.69 Å². The first kappa shape index (κ1) is 10.2. The number of rotatable bonds is 4. The van der Waals surface area contributed by atoms with Crippen molar-refractivity contribution in [3.8, 4) is 0 Å². The van der Waals surface area contributed by atoms with Crippen LogP contribution in [0.4, 0.5) is 5.69 Å². The van der Waals surface area contributed by atoms with Crippen molar-refractivity contribution in [3.63, 3.8) is 0 Å². The van der Waals surface area contributed by atoms with Crippen LogP contribution in [-0.2, 0) is 0 Å². The third kappa shape index (κ3) is 2.32. The van der Waals surface area contributed by atoms with E-state index < -0.39 is 5.97 Å². The van der Waals surface area contributed by atoms with Gasteiger partial charge in [-0.25, -0.2) is 9.78 Å². The molecule has 14 heavy (non-hydrogen) atoms. The van der Waals surface area contributed by atoms with Crippen LogP contribution in [0.15, 0.2) is 31.0 Å². The van der Waals surface area contributed by atoms with Crippen molar-refractivity contribution < 1.29 is 9.90 Å². The molecule has 0 amide bonds. The van der Waals surface area contributed by atoms with Crippen LogP contribution in [0.2, 0.25) is 0 Å². The van der Waals surface area contributed by atoms with Gasteiger partial charge in [-0.15, -0.1) is 6.58 Å². The molecule has 0 saturated heterocycles. The average Bonchev–Trinajstić information content (AvgIpc) is 2.18. The topological polar surface area (TPSA) is 53.4 Å². The van der Waals surface area contributed by atoms with E-state index in [1.165, 1.54) is 12.3 Å². The Bertz CT molecular complexity index is 350. The molecule has 4 nitrogen and oxygen atoms in total. The highest BCUT2D eigenvalue weighted by molar-refractivity contribution is 5.86. The van der Waals surface area contributed by atoms with Gasteiger partial charge < -0.3 is 10.0 Å². The molecule has 0 fully saturated rings. The molecule has 1 aromatic rings. The molecule has 1 aromatic heterocycles. The van der Waals surface area contributed by atoms with Crippen molar-refractivity contribution in [2.45, 2.75) is 0 Å². The van der Waals surface area contributed by atoms with E-state index in [0.29, 0.717) is 6.54 Å². The standard InChI is InChI=1S/C10H12N2O2/c1-3-6-12(2)8-4-5-11-9(7-8)10(13)14/h3-5,7H,1,6H2,2H3,(H,13,14). The summed E-state index contributed by atoms with van der Waals surface area (Å²) >= 11 is 0. The third-order valence-corrected chi connectivity index (χ3v) is 1.81. The number of likely N-dealkylation sites (N-methyl/N-ethyl adjacent to an activating group) is 1. The van der Waals surface area contributed by atoms with Gasteiger partial charge in [0.2, 0.25) is 0 Å². The molecule has 0 unspecified atom stereocenters. The first-order valence-electron chi connectivity index (χ1n) is 4.16. The Morgan fingerprint density at radius 3 is 3.07 bits per heavy atom. The lowest BCUT2D eigenvalue weighted by atomic mass is 10.3. The molecule has 0 radical (unpaired) electrons. The predicted molar refractivity (Wildman–Crippen MR) is 54.7 cm³/mol. The summed E-state index contributed by atoms with van der Waals surface area (Å²) in [5.74, 6) is -1.01. The highest BCUT2D eigenvalue weighted by atomic mass is 16.4. The molecule has 0 bridgehead atoms. The van der Waals surface area contributed by atoms with Crippen LogP contribution >= 0.6 is 0 Å². The molecule has 1 rings (SSSR count). The minimum absolute atomic E-state index is 0.0541. The summed E-state index contributed by atoms with van der Waals surface area (Å²) in [5.41, 5.74) is 0.871. The molecular formula is C10H12N2O2. The number of pyridine rings is 1. The van der Waals surface area contributed by atoms with E-state index in [9.17, 15) is 4.79 Å². The monoisotopic (exact) mass is 192 g/mol. The molecule has 1 heterocycles. The molecule has 0 aliphatic rings. The van der Waals surface area contributed by atoms with Crippen molar-refractivity contribution in [1.82, 2.24) is 4.98 Å². The van der Waals surface area contributed by atoms with Gasteiger partial charge >= 0.3 is 5.97 Å². The van der Waals surface area contributed by atoms with Gasteiger partial charge in [-0.3, -0.25) is 0 Å². The third-order valence-electron chi connectivity index (χ3n) is 1.81. The maximum atomic E-state index is 10.6. The highest BCUT2D eigenvalue weighted by Crippen LogP contribution is 2.12. The summed E-state index contributed by atoms with van der Waals surface area (Å²) in [4.78, 5) is 16.3. The second-order valence-corrected chi connectivity index (χ2v) is 2.87. The number of carboxylic acids is 1. The zero-order valence-corrected chi connectivity index (χ0v) is 7.97. The Morgan fingerprint density at radius 2 is 2.50 bits per heavy atom. The predicted octanol–water partition coefficient (Wildman–Crippen LogP) is 1.40. The van der Waals surface area contributed by atoms with E-state index in [0.717, 1.165) is 5.69 Å². The minimum atomic E-state index is -1.01. The molecule has 0 atom stereocenters. The molecular weight excluding hydrogens is 180 g/mol. The normalized spacial score (nSPS) is 9.50. The Morgan fingerprint density at radius 1 is 1.79 bits per heavy atom. The minimum Gasteiger partial charge on any atom is -0.477 e. The quantitative estimate of drug-likeness (QED) is 0.733. The summed E-state index contributed by atoms with van der Waals surface area (Å²) in [7, 11) is 1.86. The smallest absolute Gasteiger partial charge is 0.354 e. The van der Waals surface area contributed by atoms with E-state index in [4.69, 9.17) is 5.11 Å². The van der Waals surface area contributed by atoms with E-state index in [1.54, 1.807) is 12.1 Å². The number of carboxylic acid groups (broad SMARTS) is 1. The van der Waals surface area contributed by atoms with Gasteiger partial charge in [-0.2, -0.15) is 0 Å². The summed E-state index contributed by atoms with van der Waals surface area (Å²) in [5, 5.41) is 8.72. The fourth-order valence-electron chi connectivity index (χ4n) is 1.07. The van der Waals surface area contributed by atoms with Gasteiger partial charge in [0.05, 0.1) is 0 Å². The van der Waals surface area contributed by atoms with E-state index in [2.05, 4.69) is 11.6 Å². The molecule has 4 heteroatoms. The van der Waals surface area contributed by atoms with E-state index in [-0.39, 0.29) is 5.69 Å². The van der Waals surface area contributed by atoms with Crippen LogP contribution in [0.1, 0.15) is 10.5 Å². The molecule has 0 aromatic carbocycles. The second kappa shape index (κ2) is 4.41. The SMILES string of the molecule is C=CCN(C)c1ccnc(C(=O)O)c1. The van der Waals surface area contributed by atoms with Crippen molar-refractivity contribution in [1.29, 1.82) is 0 Å². The van der Waals surface area contributed by atoms with Crippen LogP contribution in [-0.4, -0.2) is 29.7 Å². The van der Waals surface area contributed by atoms with Gasteiger partial charge in [0, 0.05) is 25.5 Å². The number of carbonyl (C=O) groups is 1. The maximum Gasteiger partial charge on any atom is 0.354 e. The second-order valence-electron chi connectivity index (χ2n) is 2.87. The maximum absolute atomic E-state index is 10.6. The zero-order chi connectivity index (χ0) is 10.6. The fourth-order valence-corrected chi connectivity index (χ4v) is 1.07. The first-order valence-corrected chi connectivity index (χ1v) is 4.16. The average molecular weight is 192 g/mol. The van der Waals surface area contributed by atoms with Gasteiger partial charge in [-0.05, 0) is 12.1 Å². The van der Waals surface area contributed by atoms with Gasteiger partial charge in [0.15, 0.2) is 0 Å². The van der Waals surface area contributed by atoms with Gasteiger partial charge in [0.25, 0.3) is 0 Å². The molecule has 0 saturated carbocycles. The summed E-state index contributed by atoms with van der Waals surface area (Å²) < 4.78 is 0. The van der Waals surface area contributed by atoms with Crippen LogP contribution in [0.25, 0.3) is 0 Å². The fraction of sp³-hybridized carbons (Fsp3) is 0.200. The van der Waals surface area contributed by atoms with Crippen molar-refractivity contribution in [2.24, 2.45) is 0 Å². The number of anilines is 1. The van der Waals surface area contributed by atoms with Crippen LogP contribution in [0.5, 0.6) is 0 Å². The summed E-state index contributed by atoms with van der Waals surface area (Å²) in [6.45, 7) is 4.28. The van der Waals surface area contributed by atoms with Crippen LogP contribution < -0.4 is 4.90 Å². The Balaban J connectivity index is 2.93. The lowest BCUT2D eigenvalue weighted by Gasteiger charge is -2.16. The van der Waals surface area contributed by atoms with Crippen LogP contribution in [0, 0.1) is 0 Å². The molecule has 0 spiro atoms. The molecule has 0 aliphatic carbocycles. The number of aromatic nitrogens is 1.